The number of hydrogen-bond donors (Lipinski definition) is 1. The third-order valence-corrected chi connectivity index (χ3v) is 4.21. The summed E-state index contributed by atoms with van der Waals surface area (Å²) in [5, 5.41) is 13.8. The molecule has 0 fully saturated rings. The monoisotopic (exact) mass is 296 g/mol. The third kappa shape index (κ3) is 3.25. The summed E-state index contributed by atoms with van der Waals surface area (Å²) in [5.74, 6) is 0. The number of nitrogens with zero attached hydrogens (tertiary/aromatic N) is 3. The first-order valence-electron chi connectivity index (χ1n) is 6.90. The zero-order chi connectivity index (χ0) is 14.5. The van der Waals surface area contributed by atoms with Crippen molar-refractivity contribution < 1.29 is 0 Å². The van der Waals surface area contributed by atoms with E-state index in [-0.39, 0.29) is 6.04 Å². The second kappa shape index (κ2) is 6.45. The molecule has 21 heavy (non-hydrogen) atoms. The quantitative estimate of drug-likeness (QED) is 0.780. The van der Waals surface area contributed by atoms with Crippen LogP contribution in [0.15, 0.2) is 54.9 Å². The van der Waals surface area contributed by atoms with Crippen LogP contribution < -0.4 is 5.32 Å². The molecule has 0 saturated heterocycles. The Bertz CT molecular complexity index is 642. The molecule has 4 nitrogen and oxygen atoms in total. The van der Waals surface area contributed by atoms with Crippen LogP contribution in [0.3, 0.4) is 0 Å². The number of aromatic nitrogens is 3. The molecule has 1 N–H and O–H groups in total. The second-order valence-corrected chi connectivity index (χ2v) is 5.69. The van der Waals surface area contributed by atoms with Gasteiger partial charge in [-0.1, -0.05) is 48.6 Å². The molecular weight excluding hydrogens is 280 g/mol. The Kier molecular flexibility index (Phi) is 4.21. The molecule has 1 atom stereocenters. The summed E-state index contributed by atoms with van der Waals surface area (Å²) in [6, 6.07) is 14.4. The smallest absolute Gasteiger partial charge is 0.206 e. The zero-order valence-electron chi connectivity index (χ0n) is 11.7. The summed E-state index contributed by atoms with van der Waals surface area (Å²) < 4.78 is 0. The maximum Gasteiger partial charge on any atom is 0.206 e. The van der Waals surface area contributed by atoms with E-state index in [4.69, 9.17) is 0 Å². The maximum absolute atomic E-state index is 4.22. The molecule has 5 heteroatoms. The van der Waals surface area contributed by atoms with E-state index in [9.17, 15) is 0 Å². The fourth-order valence-electron chi connectivity index (χ4n) is 2.14. The number of pyridine rings is 1. The van der Waals surface area contributed by atoms with Crippen molar-refractivity contribution in [3.63, 3.8) is 0 Å². The van der Waals surface area contributed by atoms with Crippen LogP contribution in [0, 0.1) is 0 Å². The summed E-state index contributed by atoms with van der Waals surface area (Å²) in [7, 11) is 0. The molecule has 2 heterocycles. The SMILES string of the molecule is CCc1nnc(NC(c2ccccc2)c2ccncc2)s1. The molecule has 0 bridgehead atoms. The molecule has 2 aromatic heterocycles. The minimum atomic E-state index is 0.0480. The number of nitrogens with one attached hydrogen (secondary N) is 1. The molecular formula is C16H16N4S. The van der Waals surface area contributed by atoms with Gasteiger partial charge < -0.3 is 5.32 Å². The molecule has 1 unspecified atom stereocenters. The lowest BCUT2D eigenvalue weighted by Crippen LogP contribution is -2.12. The Morgan fingerprint density at radius 3 is 2.38 bits per heavy atom. The van der Waals surface area contributed by atoms with Crippen LogP contribution in [0.1, 0.15) is 29.1 Å². The number of rotatable bonds is 5. The van der Waals surface area contributed by atoms with Crippen molar-refractivity contribution in [1.82, 2.24) is 15.2 Å². The summed E-state index contributed by atoms with van der Waals surface area (Å²) in [5.41, 5.74) is 2.35. The van der Waals surface area contributed by atoms with E-state index in [0.717, 1.165) is 22.1 Å². The van der Waals surface area contributed by atoms with Crippen LogP contribution in [0.25, 0.3) is 0 Å². The first kappa shape index (κ1) is 13.7. The van der Waals surface area contributed by atoms with Crippen LogP contribution in [-0.2, 0) is 6.42 Å². The van der Waals surface area contributed by atoms with Gasteiger partial charge in [-0.3, -0.25) is 4.98 Å². The van der Waals surface area contributed by atoms with Crippen LogP contribution in [-0.4, -0.2) is 15.2 Å². The minimum Gasteiger partial charge on any atom is -0.349 e. The number of aryl methyl sites for hydroxylation is 1. The number of benzene rings is 1. The summed E-state index contributed by atoms with van der Waals surface area (Å²) in [6.45, 7) is 2.09. The van der Waals surface area contributed by atoms with Gasteiger partial charge >= 0.3 is 0 Å². The highest BCUT2D eigenvalue weighted by Gasteiger charge is 2.15. The zero-order valence-corrected chi connectivity index (χ0v) is 12.5. The van der Waals surface area contributed by atoms with E-state index >= 15 is 0 Å². The molecule has 3 aromatic rings. The first-order valence-corrected chi connectivity index (χ1v) is 7.72. The van der Waals surface area contributed by atoms with Gasteiger partial charge in [0.1, 0.15) is 5.01 Å². The van der Waals surface area contributed by atoms with Crippen LogP contribution in [0.5, 0.6) is 0 Å². The fourth-order valence-corrected chi connectivity index (χ4v) is 2.85. The minimum absolute atomic E-state index is 0.0480. The van der Waals surface area contributed by atoms with Crippen molar-refractivity contribution in [3.8, 4) is 0 Å². The van der Waals surface area contributed by atoms with Gasteiger partial charge in [0.05, 0.1) is 6.04 Å². The van der Waals surface area contributed by atoms with Crippen molar-refractivity contribution >= 4 is 16.5 Å². The average Bonchev–Trinajstić information content (AvgIpc) is 3.02. The average molecular weight is 296 g/mol. The standard InChI is InChI=1S/C16H16N4S/c1-2-14-19-20-16(21-14)18-15(12-6-4-3-5-7-12)13-8-10-17-11-9-13/h3-11,15H,2H2,1H3,(H,18,20). The van der Waals surface area contributed by atoms with Crippen molar-refractivity contribution in [3.05, 3.63) is 71.0 Å². The highest BCUT2D eigenvalue weighted by molar-refractivity contribution is 7.15. The highest BCUT2D eigenvalue weighted by atomic mass is 32.1. The van der Waals surface area contributed by atoms with Crippen LogP contribution >= 0.6 is 11.3 Å². The Morgan fingerprint density at radius 1 is 1.00 bits per heavy atom. The second-order valence-electron chi connectivity index (χ2n) is 4.62. The van der Waals surface area contributed by atoms with Gasteiger partial charge in [0.2, 0.25) is 5.13 Å². The van der Waals surface area contributed by atoms with Gasteiger partial charge in [0.25, 0.3) is 0 Å². The van der Waals surface area contributed by atoms with E-state index < -0.39 is 0 Å². The van der Waals surface area contributed by atoms with Gasteiger partial charge in [0.15, 0.2) is 0 Å². The lowest BCUT2D eigenvalue weighted by Gasteiger charge is -2.18. The van der Waals surface area contributed by atoms with E-state index in [1.807, 2.05) is 42.7 Å². The Hall–Kier alpha value is -2.27. The lowest BCUT2D eigenvalue weighted by molar-refractivity contribution is 0.910. The van der Waals surface area contributed by atoms with Gasteiger partial charge in [-0.05, 0) is 29.7 Å². The third-order valence-electron chi connectivity index (χ3n) is 3.21. The number of anilines is 1. The van der Waals surface area contributed by atoms with Crippen molar-refractivity contribution in [2.75, 3.05) is 5.32 Å². The van der Waals surface area contributed by atoms with Crippen molar-refractivity contribution in [2.45, 2.75) is 19.4 Å². The topological polar surface area (TPSA) is 50.7 Å². The highest BCUT2D eigenvalue weighted by Crippen LogP contribution is 2.27. The predicted octanol–water partition coefficient (Wildman–Crippen LogP) is 3.70. The molecule has 0 aliphatic carbocycles. The lowest BCUT2D eigenvalue weighted by atomic mass is 10.00. The Balaban J connectivity index is 1.93. The molecule has 0 aliphatic heterocycles. The Morgan fingerprint density at radius 2 is 1.71 bits per heavy atom. The van der Waals surface area contributed by atoms with Gasteiger partial charge in [-0.25, -0.2) is 0 Å². The largest absolute Gasteiger partial charge is 0.349 e. The fraction of sp³-hybridized carbons (Fsp3) is 0.188. The molecule has 3 rings (SSSR count). The van der Waals surface area contributed by atoms with Crippen molar-refractivity contribution in [1.29, 1.82) is 0 Å². The van der Waals surface area contributed by atoms with E-state index in [1.54, 1.807) is 11.3 Å². The maximum atomic E-state index is 4.22. The number of hydrogen-bond acceptors (Lipinski definition) is 5. The molecule has 1 aromatic carbocycles. The van der Waals surface area contributed by atoms with E-state index in [0.29, 0.717) is 0 Å². The van der Waals surface area contributed by atoms with Gasteiger partial charge in [0, 0.05) is 12.4 Å². The summed E-state index contributed by atoms with van der Waals surface area (Å²) >= 11 is 1.60. The van der Waals surface area contributed by atoms with E-state index in [1.165, 1.54) is 5.56 Å². The molecule has 0 radical (unpaired) electrons. The van der Waals surface area contributed by atoms with Crippen molar-refractivity contribution in [2.24, 2.45) is 0 Å². The normalized spacial score (nSPS) is 12.0. The summed E-state index contributed by atoms with van der Waals surface area (Å²) in [6.07, 6.45) is 4.53. The van der Waals surface area contributed by atoms with Gasteiger partial charge in [-0.2, -0.15) is 0 Å². The molecule has 0 spiro atoms. The predicted molar refractivity (Wildman–Crippen MR) is 85.4 cm³/mol. The molecule has 106 valence electrons. The first-order chi connectivity index (χ1) is 10.4. The van der Waals surface area contributed by atoms with Gasteiger partial charge in [-0.15, -0.1) is 10.2 Å². The molecule has 0 amide bonds. The van der Waals surface area contributed by atoms with Crippen LogP contribution in [0.2, 0.25) is 0 Å². The van der Waals surface area contributed by atoms with Crippen LogP contribution in [0.4, 0.5) is 5.13 Å². The molecule has 0 aliphatic rings. The Labute approximate surface area is 127 Å². The molecule has 0 saturated carbocycles. The van der Waals surface area contributed by atoms with E-state index in [2.05, 4.69) is 39.6 Å². The summed E-state index contributed by atoms with van der Waals surface area (Å²) in [4.78, 5) is 4.09.